The molecule has 0 saturated heterocycles. The van der Waals surface area contributed by atoms with Gasteiger partial charge in [-0.05, 0) is 38.5 Å². The topological polar surface area (TPSA) is 74.6 Å². The summed E-state index contributed by atoms with van der Waals surface area (Å²) in [6.07, 6.45) is 3.57. The van der Waals surface area contributed by atoms with Gasteiger partial charge in [0.15, 0.2) is 11.5 Å². The number of rotatable bonds is 10. The van der Waals surface area contributed by atoms with Crippen LogP contribution >= 0.6 is 0 Å². The maximum atomic E-state index is 12.2. The van der Waals surface area contributed by atoms with Crippen molar-refractivity contribution in [2.24, 2.45) is 0 Å². The van der Waals surface area contributed by atoms with E-state index < -0.39 is 0 Å². The molecule has 0 aliphatic heterocycles. The van der Waals surface area contributed by atoms with Crippen molar-refractivity contribution >= 4 is 11.6 Å². The average molecular weight is 347 g/mol. The van der Waals surface area contributed by atoms with Crippen LogP contribution < -0.4 is 14.8 Å². The van der Waals surface area contributed by atoms with Crippen molar-refractivity contribution in [2.45, 2.75) is 33.9 Å². The second-order valence-corrected chi connectivity index (χ2v) is 5.26. The zero-order valence-electron chi connectivity index (χ0n) is 14.9. The molecule has 136 valence electrons. The van der Waals surface area contributed by atoms with E-state index in [1.165, 1.54) is 0 Å². The van der Waals surface area contributed by atoms with Gasteiger partial charge in [0.1, 0.15) is 6.73 Å². The van der Waals surface area contributed by atoms with Crippen LogP contribution in [0.25, 0.3) is 0 Å². The predicted molar refractivity (Wildman–Crippen MR) is 95.0 cm³/mol. The number of carbonyl (C=O) groups excluding carboxylic acids is 1. The Balaban J connectivity index is 1.97. The molecule has 0 fully saturated rings. The lowest BCUT2D eigenvalue weighted by Gasteiger charge is -2.12. The number of hydrogen-bond donors (Lipinski definition) is 1. The number of hydrogen-bond acceptors (Lipinski definition) is 5. The first-order chi connectivity index (χ1) is 12.2. The lowest BCUT2D eigenvalue weighted by atomic mass is 10.1. The Morgan fingerprint density at radius 1 is 1.12 bits per heavy atom. The van der Waals surface area contributed by atoms with Crippen molar-refractivity contribution < 1.29 is 19.0 Å². The fourth-order valence-corrected chi connectivity index (χ4v) is 2.28. The van der Waals surface area contributed by atoms with Crippen LogP contribution in [-0.2, 0) is 22.7 Å². The van der Waals surface area contributed by atoms with Crippen LogP contribution in [0.1, 0.15) is 26.3 Å². The SMILES string of the molecule is CCOCn1cc(NC(=O)Cc2ccc(OCC)c(OCC)c2)cn1. The monoisotopic (exact) mass is 347 g/mol. The second-order valence-electron chi connectivity index (χ2n) is 5.26. The molecule has 0 saturated carbocycles. The summed E-state index contributed by atoms with van der Waals surface area (Å²) in [6.45, 7) is 7.82. The summed E-state index contributed by atoms with van der Waals surface area (Å²) >= 11 is 0. The zero-order chi connectivity index (χ0) is 18.1. The second kappa shape index (κ2) is 9.68. The van der Waals surface area contributed by atoms with E-state index in [2.05, 4.69) is 10.4 Å². The van der Waals surface area contributed by atoms with Crippen molar-refractivity contribution in [2.75, 3.05) is 25.1 Å². The quantitative estimate of drug-likeness (QED) is 0.715. The van der Waals surface area contributed by atoms with Crippen LogP contribution in [-0.4, -0.2) is 35.5 Å². The number of nitrogens with zero attached hydrogens (tertiary/aromatic N) is 2. The van der Waals surface area contributed by atoms with E-state index in [-0.39, 0.29) is 12.3 Å². The highest BCUT2D eigenvalue weighted by molar-refractivity contribution is 5.92. The highest BCUT2D eigenvalue weighted by Crippen LogP contribution is 2.28. The Morgan fingerprint density at radius 2 is 1.88 bits per heavy atom. The molecule has 1 heterocycles. The Hall–Kier alpha value is -2.54. The molecule has 2 rings (SSSR count). The van der Waals surface area contributed by atoms with E-state index in [0.717, 1.165) is 5.56 Å². The Labute approximate surface area is 147 Å². The lowest BCUT2D eigenvalue weighted by Crippen LogP contribution is -2.14. The van der Waals surface area contributed by atoms with Crippen molar-refractivity contribution in [1.29, 1.82) is 0 Å². The molecule has 1 N–H and O–H groups in total. The number of carbonyl (C=O) groups is 1. The summed E-state index contributed by atoms with van der Waals surface area (Å²) in [5.74, 6) is 1.22. The lowest BCUT2D eigenvalue weighted by molar-refractivity contribution is -0.115. The molecule has 1 aromatic carbocycles. The van der Waals surface area contributed by atoms with Gasteiger partial charge in [0, 0.05) is 6.61 Å². The number of benzene rings is 1. The highest BCUT2D eigenvalue weighted by Gasteiger charge is 2.10. The third-order valence-electron chi connectivity index (χ3n) is 3.32. The van der Waals surface area contributed by atoms with Gasteiger partial charge in [-0.15, -0.1) is 0 Å². The van der Waals surface area contributed by atoms with Crippen LogP contribution in [0.15, 0.2) is 30.6 Å². The Bertz CT molecular complexity index is 685. The van der Waals surface area contributed by atoms with E-state index in [1.807, 2.05) is 39.0 Å². The average Bonchev–Trinajstić information content (AvgIpc) is 3.03. The van der Waals surface area contributed by atoms with E-state index in [1.54, 1.807) is 17.1 Å². The molecule has 0 spiro atoms. The molecule has 0 bridgehead atoms. The van der Waals surface area contributed by atoms with Gasteiger partial charge < -0.3 is 19.5 Å². The van der Waals surface area contributed by atoms with Gasteiger partial charge in [-0.1, -0.05) is 6.07 Å². The summed E-state index contributed by atoms with van der Waals surface area (Å²) in [7, 11) is 0. The van der Waals surface area contributed by atoms with Gasteiger partial charge >= 0.3 is 0 Å². The number of anilines is 1. The van der Waals surface area contributed by atoms with Crippen molar-refractivity contribution in [3.05, 3.63) is 36.2 Å². The molecule has 2 aromatic rings. The highest BCUT2D eigenvalue weighted by atomic mass is 16.5. The summed E-state index contributed by atoms with van der Waals surface area (Å²) < 4.78 is 18.0. The van der Waals surface area contributed by atoms with Gasteiger partial charge in [0.05, 0.1) is 37.7 Å². The molecular weight excluding hydrogens is 322 g/mol. The van der Waals surface area contributed by atoms with Gasteiger partial charge in [-0.25, -0.2) is 4.68 Å². The molecule has 1 amide bonds. The smallest absolute Gasteiger partial charge is 0.228 e. The largest absolute Gasteiger partial charge is 0.490 e. The number of nitrogens with one attached hydrogen (secondary N) is 1. The molecule has 25 heavy (non-hydrogen) atoms. The van der Waals surface area contributed by atoms with Crippen molar-refractivity contribution in [3.63, 3.8) is 0 Å². The first kappa shape index (κ1) is 18.8. The van der Waals surface area contributed by atoms with Gasteiger partial charge in [-0.2, -0.15) is 5.10 Å². The predicted octanol–water partition coefficient (Wildman–Crippen LogP) is 2.86. The first-order valence-electron chi connectivity index (χ1n) is 8.44. The minimum absolute atomic E-state index is 0.123. The molecule has 0 aliphatic rings. The van der Waals surface area contributed by atoms with E-state index >= 15 is 0 Å². The van der Waals surface area contributed by atoms with Crippen LogP contribution in [0.5, 0.6) is 11.5 Å². The fraction of sp³-hybridized carbons (Fsp3) is 0.444. The number of amides is 1. The van der Waals surface area contributed by atoms with Gasteiger partial charge in [0.2, 0.25) is 5.91 Å². The van der Waals surface area contributed by atoms with Crippen LogP contribution in [0.4, 0.5) is 5.69 Å². The third kappa shape index (κ3) is 5.79. The van der Waals surface area contributed by atoms with Crippen LogP contribution in [0.2, 0.25) is 0 Å². The summed E-state index contributed by atoms with van der Waals surface area (Å²) in [5, 5.41) is 6.95. The minimum Gasteiger partial charge on any atom is -0.490 e. The van der Waals surface area contributed by atoms with Crippen LogP contribution in [0.3, 0.4) is 0 Å². The van der Waals surface area contributed by atoms with E-state index in [0.29, 0.717) is 43.7 Å². The Kier molecular flexibility index (Phi) is 7.28. The molecule has 0 unspecified atom stereocenters. The first-order valence-corrected chi connectivity index (χ1v) is 8.44. The number of aromatic nitrogens is 2. The maximum absolute atomic E-state index is 12.2. The third-order valence-corrected chi connectivity index (χ3v) is 3.32. The molecular formula is C18H25N3O4. The maximum Gasteiger partial charge on any atom is 0.228 e. The minimum atomic E-state index is -0.123. The zero-order valence-corrected chi connectivity index (χ0v) is 14.9. The van der Waals surface area contributed by atoms with Crippen molar-refractivity contribution in [3.8, 4) is 11.5 Å². The molecule has 0 aliphatic carbocycles. The fourth-order valence-electron chi connectivity index (χ4n) is 2.28. The van der Waals surface area contributed by atoms with E-state index in [9.17, 15) is 4.79 Å². The van der Waals surface area contributed by atoms with E-state index in [4.69, 9.17) is 14.2 Å². The Morgan fingerprint density at radius 3 is 2.60 bits per heavy atom. The molecule has 0 atom stereocenters. The molecule has 0 radical (unpaired) electrons. The summed E-state index contributed by atoms with van der Waals surface area (Å²) in [4.78, 5) is 12.2. The van der Waals surface area contributed by atoms with Gasteiger partial charge in [-0.3, -0.25) is 4.79 Å². The van der Waals surface area contributed by atoms with Gasteiger partial charge in [0.25, 0.3) is 0 Å². The molecule has 7 nitrogen and oxygen atoms in total. The normalized spacial score (nSPS) is 10.5. The van der Waals surface area contributed by atoms with Crippen LogP contribution in [0, 0.1) is 0 Å². The van der Waals surface area contributed by atoms with Crippen molar-refractivity contribution in [1.82, 2.24) is 9.78 Å². The summed E-state index contributed by atoms with van der Waals surface area (Å²) in [5.41, 5.74) is 1.49. The summed E-state index contributed by atoms with van der Waals surface area (Å²) in [6, 6.07) is 5.54. The molecule has 7 heteroatoms. The standard InChI is InChI=1S/C18H25N3O4/c1-4-23-13-21-12-15(11-19-21)20-18(22)10-14-7-8-16(24-5-2)17(9-14)25-6-3/h7-9,11-12H,4-6,10,13H2,1-3H3,(H,20,22). The number of ether oxygens (including phenoxy) is 3. The molecule has 1 aromatic heterocycles.